The molecule has 1 fully saturated rings. The molecule has 3 heterocycles. The van der Waals surface area contributed by atoms with Crippen molar-refractivity contribution in [3.63, 3.8) is 0 Å². The summed E-state index contributed by atoms with van der Waals surface area (Å²) >= 11 is 0. The summed E-state index contributed by atoms with van der Waals surface area (Å²) in [6, 6.07) is 12.4. The highest BCUT2D eigenvalue weighted by atomic mass is 32.2. The quantitative estimate of drug-likeness (QED) is 0.500. The van der Waals surface area contributed by atoms with Crippen LogP contribution in [0.5, 0.6) is 0 Å². The highest BCUT2D eigenvalue weighted by molar-refractivity contribution is 7.92. The van der Waals surface area contributed by atoms with Crippen molar-refractivity contribution in [2.45, 2.75) is 44.0 Å². The molecule has 0 saturated carbocycles. The van der Waals surface area contributed by atoms with E-state index in [-0.39, 0.29) is 5.91 Å². The molecular weight excluding hydrogens is 479 g/mol. The van der Waals surface area contributed by atoms with E-state index in [2.05, 4.69) is 22.9 Å². The van der Waals surface area contributed by atoms with E-state index in [1.807, 2.05) is 0 Å². The Hall–Kier alpha value is -3.69. The van der Waals surface area contributed by atoms with Gasteiger partial charge in [0, 0.05) is 36.6 Å². The summed E-state index contributed by atoms with van der Waals surface area (Å²) in [7, 11) is -3.44. The molecule has 186 valence electrons. The number of pyridine rings is 1. The van der Waals surface area contributed by atoms with Crippen molar-refractivity contribution in [3.05, 3.63) is 59.4 Å². The maximum atomic E-state index is 14.2. The first-order valence-electron chi connectivity index (χ1n) is 11.5. The van der Waals surface area contributed by atoms with Crippen molar-refractivity contribution >= 4 is 26.8 Å². The lowest BCUT2D eigenvalue weighted by Gasteiger charge is -2.34. The molecule has 1 amide bonds. The third kappa shape index (κ3) is 4.98. The minimum Gasteiger partial charge on any atom is -0.338 e. The number of nitrogens with zero attached hydrogens (tertiary/aromatic N) is 4. The molecule has 0 unspecified atom stereocenters. The predicted octanol–water partition coefficient (Wildman–Crippen LogP) is 4.04. The van der Waals surface area contributed by atoms with Gasteiger partial charge in [-0.05, 0) is 75.9 Å². The molecule has 0 radical (unpaired) electrons. The number of carbonyl (C=O) groups excluding carboxylic acids is 1. The van der Waals surface area contributed by atoms with Crippen molar-refractivity contribution in [1.82, 2.24) is 14.5 Å². The monoisotopic (exact) mass is 506 g/mol. The molecule has 0 spiro atoms. The Kier molecular flexibility index (Phi) is 6.40. The second-order valence-electron chi connectivity index (χ2n) is 9.90. The summed E-state index contributed by atoms with van der Waals surface area (Å²) < 4.78 is 39.0. The Labute approximate surface area is 210 Å². The summed E-state index contributed by atoms with van der Waals surface area (Å²) in [5.74, 6) is 5.63. The average Bonchev–Trinajstić information content (AvgIpc) is 3.19. The number of alkyl halides is 1. The SMILES string of the molecule is CC1(F)CCN(C(=O)c2cnc3c(c2)cc(C#CC(C)(C)S(C)(=O)=O)n3-c2ccc(C#N)cc2)CC1. The van der Waals surface area contributed by atoms with Crippen molar-refractivity contribution in [2.75, 3.05) is 19.3 Å². The van der Waals surface area contributed by atoms with Crippen molar-refractivity contribution in [3.8, 4) is 23.6 Å². The normalized spacial score (nSPS) is 15.7. The lowest BCUT2D eigenvalue weighted by atomic mass is 9.95. The molecule has 0 N–H and O–H groups in total. The number of rotatable bonds is 3. The molecule has 36 heavy (non-hydrogen) atoms. The van der Waals surface area contributed by atoms with E-state index in [0.29, 0.717) is 59.5 Å². The fourth-order valence-corrected chi connectivity index (χ4v) is 4.15. The zero-order valence-corrected chi connectivity index (χ0v) is 21.5. The summed E-state index contributed by atoms with van der Waals surface area (Å²) in [5.41, 5.74) is 1.34. The number of sulfone groups is 1. The molecule has 0 atom stereocenters. The average molecular weight is 507 g/mol. The van der Waals surface area contributed by atoms with Gasteiger partial charge in [-0.15, -0.1) is 0 Å². The second kappa shape index (κ2) is 9.07. The molecule has 1 aliphatic heterocycles. The number of hydrogen-bond acceptors (Lipinski definition) is 5. The number of benzene rings is 1. The van der Waals surface area contributed by atoms with Gasteiger partial charge >= 0.3 is 0 Å². The molecule has 2 aromatic heterocycles. The zero-order valence-electron chi connectivity index (χ0n) is 20.7. The van der Waals surface area contributed by atoms with Gasteiger partial charge in [-0.1, -0.05) is 5.92 Å². The molecule has 4 rings (SSSR count). The van der Waals surface area contributed by atoms with Crippen molar-refractivity contribution in [2.24, 2.45) is 0 Å². The van der Waals surface area contributed by atoms with Gasteiger partial charge in [0.2, 0.25) is 0 Å². The van der Waals surface area contributed by atoms with Crippen LogP contribution in [-0.4, -0.2) is 58.5 Å². The van der Waals surface area contributed by atoms with Crippen LogP contribution in [0.15, 0.2) is 42.6 Å². The first kappa shape index (κ1) is 25.4. The van der Waals surface area contributed by atoms with Crippen LogP contribution in [0.25, 0.3) is 16.7 Å². The van der Waals surface area contributed by atoms with Gasteiger partial charge in [-0.3, -0.25) is 9.36 Å². The van der Waals surface area contributed by atoms with Crippen LogP contribution >= 0.6 is 0 Å². The van der Waals surface area contributed by atoms with E-state index in [1.165, 1.54) is 6.20 Å². The fourth-order valence-electron chi connectivity index (χ4n) is 3.91. The van der Waals surface area contributed by atoms with Gasteiger partial charge < -0.3 is 4.90 Å². The number of hydrogen-bond donors (Lipinski definition) is 0. The van der Waals surface area contributed by atoms with E-state index in [4.69, 9.17) is 5.26 Å². The van der Waals surface area contributed by atoms with Crippen LogP contribution in [0.4, 0.5) is 4.39 Å². The molecule has 1 aromatic carbocycles. The van der Waals surface area contributed by atoms with Crippen LogP contribution in [0.1, 0.15) is 55.2 Å². The maximum absolute atomic E-state index is 14.2. The van der Waals surface area contributed by atoms with E-state index in [9.17, 15) is 17.6 Å². The van der Waals surface area contributed by atoms with E-state index in [1.54, 1.807) is 66.6 Å². The number of aromatic nitrogens is 2. The van der Waals surface area contributed by atoms with Crippen LogP contribution in [0, 0.1) is 23.2 Å². The van der Waals surface area contributed by atoms with E-state index >= 15 is 0 Å². The molecule has 0 bridgehead atoms. The van der Waals surface area contributed by atoms with Crippen LogP contribution in [0.3, 0.4) is 0 Å². The topological polar surface area (TPSA) is 96.1 Å². The Morgan fingerprint density at radius 2 is 1.81 bits per heavy atom. The number of carbonyl (C=O) groups is 1. The minimum absolute atomic E-state index is 0.211. The van der Waals surface area contributed by atoms with Gasteiger partial charge in [0.25, 0.3) is 5.91 Å². The first-order valence-corrected chi connectivity index (χ1v) is 13.4. The Bertz CT molecular complexity index is 1540. The van der Waals surface area contributed by atoms with Gasteiger partial charge in [0.15, 0.2) is 9.84 Å². The number of likely N-dealkylation sites (tertiary alicyclic amines) is 1. The number of amides is 1. The highest BCUT2D eigenvalue weighted by Gasteiger charge is 2.32. The molecule has 9 heteroatoms. The summed E-state index contributed by atoms with van der Waals surface area (Å²) in [5, 5.41) is 9.80. The van der Waals surface area contributed by atoms with Crippen molar-refractivity contribution < 1.29 is 17.6 Å². The molecule has 3 aromatic rings. The fraction of sp³-hybridized carbons (Fsp3) is 0.370. The number of piperidine rings is 1. The number of fused-ring (bicyclic) bond motifs is 1. The van der Waals surface area contributed by atoms with Gasteiger partial charge in [-0.2, -0.15) is 5.26 Å². The van der Waals surface area contributed by atoms with Gasteiger partial charge in [0.1, 0.15) is 16.1 Å². The van der Waals surface area contributed by atoms with Crippen LogP contribution < -0.4 is 0 Å². The lowest BCUT2D eigenvalue weighted by Crippen LogP contribution is -2.43. The van der Waals surface area contributed by atoms with E-state index < -0.39 is 20.3 Å². The lowest BCUT2D eigenvalue weighted by molar-refractivity contribution is 0.0503. The molecule has 0 aliphatic carbocycles. The summed E-state index contributed by atoms with van der Waals surface area (Å²) in [4.78, 5) is 19.3. The van der Waals surface area contributed by atoms with E-state index in [0.717, 1.165) is 6.26 Å². The first-order chi connectivity index (χ1) is 16.8. The van der Waals surface area contributed by atoms with Crippen LogP contribution in [0.2, 0.25) is 0 Å². The van der Waals surface area contributed by atoms with Crippen LogP contribution in [-0.2, 0) is 9.84 Å². The smallest absolute Gasteiger partial charge is 0.255 e. The third-order valence-corrected chi connectivity index (χ3v) is 8.61. The largest absolute Gasteiger partial charge is 0.338 e. The standard InChI is InChI=1S/C27H27FN4O3S/c1-26(2,36(4,34)35)10-9-23-16-20-15-21(25(33)31-13-11-27(3,28)12-14-31)18-30-24(20)32(23)22-7-5-19(17-29)6-8-22/h5-8,15-16,18H,11-14H2,1-4H3. The Balaban J connectivity index is 1.80. The van der Waals surface area contributed by atoms with Gasteiger partial charge in [-0.25, -0.2) is 17.8 Å². The molecule has 1 aliphatic rings. The Morgan fingerprint density at radius 3 is 2.39 bits per heavy atom. The summed E-state index contributed by atoms with van der Waals surface area (Å²) in [6.45, 7) is 5.32. The highest BCUT2D eigenvalue weighted by Crippen LogP contribution is 2.28. The Morgan fingerprint density at radius 1 is 1.17 bits per heavy atom. The minimum atomic E-state index is -3.44. The molecular formula is C27H27FN4O3S. The van der Waals surface area contributed by atoms with Crippen molar-refractivity contribution in [1.29, 1.82) is 5.26 Å². The molecule has 7 nitrogen and oxygen atoms in total. The zero-order chi connectivity index (χ0) is 26.3. The number of nitriles is 1. The van der Waals surface area contributed by atoms with Gasteiger partial charge in [0.05, 0.1) is 22.9 Å². The predicted molar refractivity (Wildman–Crippen MR) is 136 cm³/mol. The summed E-state index contributed by atoms with van der Waals surface area (Å²) in [6.07, 6.45) is 3.22. The second-order valence-corrected chi connectivity index (χ2v) is 12.5. The number of halogens is 1. The third-order valence-electron chi connectivity index (χ3n) is 6.65. The maximum Gasteiger partial charge on any atom is 0.255 e. The molecule has 1 saturated heterocycles.